The fraction of sp³-hybridized carbons (Fsp3) is 0.417. The van der Waals surface area contributed by atoms with Crippen LogP contribution in [0.1, 0.15) is 5.69 Å². The Bertz CT molecular complexity index is 614. The highest BCUT2D eigenvalue weighted by atomic mass is 16.2. The fourth-order valence-corrected chi connectivity index (χ4v) is 2.32. The molecular weight excluding hydrogens is 244 g/mol. The summed E-state index contributed by atoms with van der Waals surface area (Å²) in [6, 6.07) is 1.85. The van der Waals surface area contributed by atoms with E-state index in [1.54, 1.807) is 10.9 Å². The van der Waals surface area contributed by atoms with E-state index in [-0.39, 0.29) is 5.91 Å². The van der Waals surface area contributed by atoms with E-state index in [0.717, 1.165) is 24.7 Å². The van der Waals surface area contributed by atoms with Gasteiger partial charge in [0.15, 0.2) is 0 Å². The van der Waals surface area contributed by atoms with Gasteiger partial charge in [0.1, 0.15) is 12.4 Å². The molecule has 100 valence electrons. The van der Waals surface area contributed by atoms with Crippen LogP contribution in [0, 0.1) is 6.92 Å². The van der Waals surface area contributed by atoms with Crippen LogP contribution in [0.3, 0.4) is 0 Å². The number of amides is 1. The summed E-state index contributed by atoms with van der Waals surface area (Å²) < 4.78 is 3.71. The summed E-state index contributed by atoms with van der Waals surface area (Å²) >= 11 is 0. The molecule has 3 rings (SSSR count). The molecule has 0 unspecified atom stereocenters. The summed E-state index contributed by atoms with van der Waals surface area (Å²) in [6.45, 7) is 3.91. The predicted octanol–water partition coefficient (Wildman–Crippen LogP) is 0.384. The van der Waals surface area contributed by atoms with Gasteiger partial charge in [-0.1, -0.05) is 0 Å². The normalized spacial score (nSPS) is 13.7. The van der Waals surface area contributed by atoms with Crippen molar-refractivity contribution in [2.45, 2.75) is 13.5 Å². The zero-order chi connectivity index (χ0) is 13.4. The van der Waals surface area contributed by atoms with Gasteiger partial charge in [-0.25, -0.2) is 4.98 Å². The van der Waals surface area contributed by atoms with Gasteiger partial charge >= 0.3 is 0 Å². The van der Waals surface area contributed by atoms with Gasteiger partial charge in [-0.15, -0.1) is 0 Å². The van der Waals surface area contributed by atoms with Crippen molar-refractivity contribution in [3.8, 4) is 0 Å². The molecule has 2 aromatic heterocycles. The van der Waals surface area contributed by atoms with Crippen LogP contribution in [0.2, 0.25) is 0 Å². The third-order valence-electron chi connectivity index (χ3n) is 3.19. The average molecular weight is 260 g/mol. The van der Waals surface area contributed by atoms with E-state index in [1.807, 2.05) is 35.7 Å². The number of hydrogen-bond acceptors (Lipinski definition) is 4. The zero-order valence-corrected chi connectivity index (χ0v) is 11.0. The summed E-state index contributed by atoms with van der Waals surface area (Å²) in [7, 11) is 1.81. The molecule has 1 amide bonds. The average Bonchev–Trinajstić information content (AvgIpc) is 2.99. The Kier molecular flexibility index (Phi) is 2.73. The maximum atomic E-state index is 12.0. The van der Waals surface area contributed by atoms with Crippen LogP contribution in [-0.4, -0.2) is 38.3 Å². The predicted molar refractivity (Wildman–Crippen MR) is 71.0 cm³/mol. The Labute approximate surface area is 110 Å². The Balaban J connectivity index is 1.65. The molecule has 0 saturated heterocycles. The molecule has 1 aliphatic rings. The Morgan fingerprint density at radius 1 is 1.47 bits per heavy atom. The summed E-state index contributed by atoms with van der Waals surface area (Å²) in [5.74, 6) is 1.51. The number of nitrogens with zero attached hydrogens (tertiary/aromatic N) is 5. The molecule has 1 aliphatic heterocycles. The summed E-state index contributed by atoms with van der Waals surface area (Å²) in [5, 5.41) is 7.06. The number of anilines is 2. The molecule has 0 saturated carbocycles. The first-order chi connectivity index (χ1) is 9.13. The molecule has 0 atom stereocenters. The number of imidazole rings is 1. The molecule has 0 spiro atoms. The number of rotatable bonds is 3. The molecule has 0 aliphatic carbocycles. The van der Waals surface area contributed by atoms with Gasteiger partial charge < -0.3 is 14.8 Å². The second-order valence-corrected chi connectivity index (χ2v) is 4.68. The van der Waals surface area contributed by atoms with E-state index in [4.69, 9.17) is 0 Å². The second-order valence-electron chi connectivity index (χ2n) is 4.68. The van der Waals surface area contributed by atoms with Crippen LogP contribution < -0.4 is 10.2 Å². The monoisotopic (exact) mass is 260 g/mol. The fourth-order valence-electron chi connectivity index (χ4n) is 2.32. The summed E-state index contributed by atoms with van der Waals surface area (Å²) in [5.41, 5.74) is 0.884. The van der Waals surface area contributed by atoms with Crippen LogP contribution in [0.5, 0.6) is 0 Å². The zero-order valence-electron chi connectivity index (χ0n) is 11.0. The van der Waals surface area contributed by atoms with Crippen molar-refractivity contribution in [2.24, 2.45) is 7.05 Å². The molecule has 0 fully saturated rings. The van der Waals surface area contributed by atoms with Gasteiger partial charge in [-0.2, -0.15) is 5.10 Å². The quantitative estimate of drug-likeness (QED) is 0.866. The Hall–Kier alpha value is -2.31. The standard InChI is InChI=1S/C12H16N6O/c1-9-7-10(16(2)15-9)14-11(19)8-18-6-5-17-4-3-13-12(17)18/h3-4,7H,5-6,8H2,1-2H3,(H,14,19). The lowest BCUT2D eigenvalue weighted by molar-refractivity contribution is -0.115. The molecular formula is C12H16N6O. The maximum absolute atomic E-state index is 12.0. The molecule has 2 aromatic rings. The summed E-state index contributed by atoms with van der Waals surface area (Å²) in [4.78, 5) is 18.3. The molecule has 7 heteroatoms. The van der Waals surface area contributed by atoms with Crippen molar-refractivity contribution in [1.82, 2.24) is 19.3 Å². The molecule has 19 heavy (non-hydrogen) atoms. The number of fused-ring (bicyclic) bond motifs is 1. The maximum Gasteiger partial charge on any atom is 0.245 e. The van der Waals surface area contributed by atoms with Gasteiger partial charge in [0.25, 0.3) is 0 Å². The number of hydrogen-bond donors (Lipinski definition) is 1. The van der Waals surface area contributed by atoms with Crippen LogP contribution in [0.4, 0.5) is 11.8 Å². The highest BCUT2D eigenvalue weighted by Gasteiger charge is 2.22. The van der Waals surface area contributed by atoms with E-state index in [2.05, 4.69) is 15.4 Å². The molecule has 0 radical (unpaired) electrons. The van der Waals surface area contributed by atoms with Gasteiger partial charge in [-0.3, -0.25) is 9.48 Å². The van der Waals surface area contributed by atoms with E-state index >= 15 is 0 Å². The Morgan fingerprint density at radius 2 is 2.32 bits per heavy atom. The first-order valence-electron chi connectivity index (χ1n) is 6.20. The third kappa shape index (κ3) is 2.18. The van der Waals surface area contributed by atoms with Crippen LogP contribution in [0.25, 0.3) is 0 Å². The topological polar surface area (TPSA) is 68.0 Å². The Morgan fingerprint density at radius 3 is 3.05 bits per heavy atom. The second kappa shape index (κ2) is 4.42. The first kappa shape index (κ1) is 11.8. The van der Waals surface area contributed by atoms with Crippen molar-refractivity contribution in [3.63, 3.8) is 0 Å². The lowest BCUT2D eigenvalue weighted by atomic mass is 10.4. The summed E-state index contributed by atoms with van der Waals surface area (Å²) in [6.07, 6.45) is 3.68. The van der Waals surface area contributed by atoms with Crippen molar-refractivity contribution in [2.75, 3.05) is 23.3 Å². The molecule has 1 N–H and O–H groups in total. The van der Waals surface area contributed by atoms with Gasteiger partial charge in [0.2, 0.25) is 11.9 Å². The minimum atomic E-state index is -0.0561. The number of nitrogens with one attached hydrogen (secondary N) is 1. The van der Waals surface area contributed by atoms with Gasteiger partial charge in [-0.05, 0) is 6.92 Å². The lowest BCUT2D eigenvalue weighted by Gasteiger charge is -2.15. The van der Waals surface area contributed by atoms with Crippen LogP contribution in [0.15, 0.2) is 18.5 Å². The van der Waals surface area contributed by atoms with Gasteiger partial charge in [0.05, 0.1) is 5.69 Å². The van der Waals surface area contributed by atoms with E-state index in [9.17, 15) is 4.79 Å². The highest BCUT2D eigenvalue weighted by molar-refractivity contribution is 5.93. The molecule has 0 aromatic carbocycles. The van der Waals surface area contributed by atoms with E-state index < -0.39 is 0 Å². The first-order valence-corrected chi connectivity index (χ1v) is 6.20. The molecule has 3 heterocycles. The van der Waals surface area contributed by atoms with Crippen LogP contribution in [-0.2, 0) is 18.4 Å². The molecule has 7 nitrogen and oxygen atoms in total. The number of carbonyl (C=O) groups is 1. The number of aromatic nitrogens is 4. The van der Waals surface area contributed by atoms with E-state index in [1.165, 1.54) is 0 Å². The smallest absolute Gasteiger partial charge is 0.245 e. The van der Waals surface area contributed by atoms with Gasteiger partial charge in [0, 0.05) is 38.6 Å². The minimum Gasteiger partial charge on any atom is -0.331 e. The minimum absolute atomic E-state index is 0.0561. The third-order valence-corrected chi connectivity index (χ3v) is 3.19. The molecule has 0 bridgehead atoms. The SMILES string of the molecule is Cc1cc(NC(=O)CN2CCn3ccnc32)n(C)n1. The highest BCUT2D eigenvalue weighted by Crippen LogP contribution is 2.18. The largest absolute Gasteiger partial charge is 0.331 e. The number of carbonyl (C=O) groups excluding carboxylic acids is 1. The van der Waals surface area contributed by atoms with Crippen molar-refractivity contribution in [1.29, 1.82) is 0 Å². The van der Waals surface area contributed by atoms with Crippen molar-refractivity contribution < 1.29 is 4.79 Å². The van der Waals surface area contributed by atoms with Crippen molar-refractivity contribution in [3.05, 3.63) is 24.2 Å². The van der Waals surface area contributed by atoms with Crippen LogP contribution >= 0.6 is 0 Å². The lowest BCUT2D eigenvalue weighted by Crippen LogP contribution is -2.32. The van der Waals surface area contributed by atoms with Crippen molar-refractivity contribution >= 4 is 17.7 Å². The number of aryl methyl sites for hydroxylation is 2. The van der Waals surface area contributed by atoms with E-state index in [0.29, 0.717) is 12.4 Å².